The number of aromatic hydroxyl groups is 1. The molecule has 1 aromatic carbocycles. The number of nitrogens with one attached hydrogen (secondary N) is 1. The van der Waals surface area contributed by atoms with Crippen LogP contribution < -0.4 is 11.1 Å². The third kappa shape index (κ3) is 2.49. The highest BCUT2D eigenvalue weighted by molar-refractivity contribution is 7.89. The Labute approximate surface area is 117 Å². The molecule has 20 heavy (non-hydrogen) atoms. The number of aryl methyl sites for hydroxylation is 1. The van der Waals surface area contributed by atoms with Crippen molar-refractivity contribution in [2.45, 2.75) is 11.8 Å². The van der Waals surface area contributed by atoms with E-state index in [1.165, 1.54) is 16.4 Å². The van der Waals surface area contributed by atoms with E-state index in [0.29, 0.717) is 31.7 Å². The highest BCUT2D eigenvalue weighted by Crippen LogP contribution is 2.30. The number of phenols is 1. The lowest BCUT2D eigenvalue weighted by Crippen LogP contribution is -2.46. The molecule has 0 aliphatic carbocycles. The Morgan fingerprint density at radius 2 is 1.95 bits per heavy atom. The fourth-order valence-electron chi connectivity index (χ4n) is 2.15. The summed E-state index contributed by atoms with van der Waals surface area (Å²) in [4.78, 5) is 11.3. The molecule has 2 rings (SSSR count). The lowest BCUT2D eigenvalue weighted by molar-refractivity contribution is 0.0994. The Kier molecular flexibility index (Phi) is 3.98. The summed E-state index contributed by atoms with van der Waals surface area (Å²) in [6.07, 6.45) is 0. The Bertz CT molecular complexity index is 636. The van der Waals surface area contributed by atoms with Gasteiger partial charge in [-0.15, -0.1) is 0 Å². The first-order valence-electron chi connectivity index (χ1n) is 6.19. The minimum Gasteiger partial charge on any atom is -0.507 e. The Balaban J connectivity index is 2.57. The molecule has 0 saturated carbocycles. The van der Waals surface area contributed by atoms with Gasteiger partial charge in [-0.1, -0.05) is 6.07 Å². The van der Waals surface area contributed by atoms with Gasteiger partial charge >= 0.3 is 0 Å². The van der Waals surface area contributed by atoms with E-state index >= 15 is 0 Å². The van der Waals surface area contributed by atoms with E-state index in [4.69, 9.17) is 5.73 Å². The highest BCUT2D eigenvalue weighted by atomic mass is 32.2. The molecule has 7 nitrogen and oxygen atoms in total. The third-order valence-electron chi connectivity index (χ3n) is 3.28. The second kappa shape index (κ2) is 5.39. The molecule has 1 saturated heterocycles. The molecule has 1 heterocycles. The summed E-state index contributed by atoms with van der Waals surface area (Å²) in [6.45, 7) is 3.29. The maximum absolute atomic E-state index is 12.6. The summed E-state index contributed by atoms with van der Waals surface area (Å²) in [5.74, 6) is -1.34. The van der Waals surface area contributed by atoms with Crippen molar-refractivity contribution in [3.8, 4) is 5.75 Å². The normalized spacial score (nSPS) is 17.1. The van der Waals surface area contributed by atoms with Crippen LogP contribution in [0.3, 0.4) is 0 Å². The molecule has 1 fully saturated rings. The summed E-state index contributed by atoms with van der Waals surface area (Å²) in [6, 6.07) is 2.77. The number of benzene rings is 1. The van der Waals surface area contributed by atoms with Gasteiger partial charge in [0, 0.05) is 26.2 Å². The van der Waals surface area contributed by atoms with Crippen molar-refractivity contribution in [2.24, 2.45) is 5.73 Å². The largest absolute Gasteiger partial charge is 0.507 e. The fraction of sp³-hybridized carbons (Fsp3) is 0.417. The van der Waals surface area contributed by atoms with Gasteiger partial charge in [0.2, 0.25) is 10.0 Å². The van der Waals surface area contributed by atoms with Crippen LogP contribution in [0.25, 0.3) is 0 Å². The third-order valence-corrected chi connectivity index (χ3v) is 5.22. The molecule has 1 amide bonds. The van der Waals surface area contributed by atoms with E-state index in [1.54, 1.807) is 6.92 Å². The number of sulfonamides is 1. The van der Waals surface area contributed by atoms with Crippen molar-refractivity contribution < 1.29 is 18.3 Å². The maximum Gasteiger partial charge on any atom is 0.253 e. The Morgan fingerprint density at radius 3 is 2.50 bits per heavy atom. The van der Waals surface area contributed by atoms with E-state index in [9.17, 15) is 18.3 Å². The zero-order valence-electron chi connectivity index (χ0n) is 11.1. The van der Waals surface area contributed by atoms with Gasteiger partial charge in [-0.25, -0.2) is 8.42 Å². The second-order valence-corrected chi connectivity index (χ2v) is 6.53. The number of piperazine rings is 1. The van der Waals surface area contributed by atoms with Gasteiger partial charge in [0.25, 0.3) is 5.91 Å². The minimum absolute atomic E-state index is 0.241. The number of carbonyl (C=O) groups excluding carboxylic acids is 1. The van der Waals surface area contributed by atoms with Crippen molar-refractivity contribution in [1.29, 1.82) is 0 Å². The standard InChI is InChI=1S/C12H17N3O4S/c1-8-2-3-9(10(11(8)16)12(13)17)20(18,19)15-6-4-14-5-7-15/h2-3,14,16H,4-7H2,1H3,(H2,13,17). The molecule has 110 valence electrons. The zero-order chi connectivity index (χ0) is 14.9. The molecule has 0 bridgehead atoms. The van der Waals surface area contributed by atoms with Crippen LogP contribution in [0.15, 0.2) is 17.0 Å². The Hall–Kier alpha value is -1.64. The maximum atomic E-state index is 12.6. The summed E-state index contributed by atoms with van der Waals surface area (Å²) < 4.78 is 26.4. The molecule has 4 N–H and O–H groups in total. The summed E-state index contributed by atoms with van der Waals surface area (Å²) in [5, 5.41) is 13.0. The van der Waals surface area contributed by atoms with Gasteiger partial charge < -0.3 is 16.2 Å². The molecule has 0 spiro atoms. The first-order chi connectivity index (χ1) is 9.35. The van der Waals surface area contributed by atoms with E-state index in [-0.39, 0.29) is 16.2 Å². The first kappa shape index (κ1) is 14.8. The number of hydrogen-bond acceptors (Lipinski definition) is 5. The van der Waals surface area contributed by atoms with Crippen molar-refractivity contribution >= 4 is 15.9 Å². The minimum atomic E-state index is -3.84. The highest BCUT2D eigenvalue weighted by Gasteiger charge is 2.31. The van der Waals surface area contributed by atoms with Crippen molar-refractivity contribution in [1.82, 2.24) is 9.62 Å². The smallest absolute Gasteiger partial charge is 0.253 e. The lowest BCUT2D eigenvalue weighted by atomic mass is 10.1. The van der Waals surface area contributed by atoms with Crippen LogP contribution in [0.1, 0.15) is 15.9 Å². The van der Waals surface area contributed by atoms with Gasteiger partial charge in [-0.2, -0.15) is 4.31 Å². The molecular formula is C12H17N3O4S. The molecule has 0 aromatic heterocycles. The van der Waals surface area contributed by atoms with Crippen LogP contribution in [0.2, 0.25) is 0 Å². The van der Waals surface area contributed by atoms with Crippen LogP contribution >= 0.6 is 0 Å². The number of carbonyl (C=O) groups is 1. The van der Waals surface area contributed by atoms with Gasteiger partial charge in [-0.05, 0) is 18.6 Å². The van der Waals surface area contributed by atoms with Crippen LogP contribution in [-0.4, -0.2) is 49.9 Å². The summed E-state index contributed by atoms with van der Waals surface area (Å²) in [7, 11) is -3.84. The van der Waals surface area contributed by atoms with Crippen LogP contribution in [-0.2, 0) is 10.0 Å². The number of rotatable bonds is 3. The lowest BCUT2D eigenvalue weighted by Gasteiger charge is -2.27. The molecule has 8 heteroatoms. The topological polar surface area (TPSA) is 113 Å². The van der Waals surface area contributed by atoms with Gasteiger partial charge in [0.1, 0.15) is 11.3 Å². The molecule has 0 atom stereocenters. The van der Waals surface area contributed by atoms with Crippen molar-refractivity contribution in [3.63, 3.8) is 0 Å². The predicted octanol–water partition coefficient (Wildman–Crippen LogP) is -0.607. The number of nitrogens with two attached hydrogens (primary N) is 1. The Morgan fingerprint density at radius 1 is 1.35 bits per heavy atom. The average molecular weight is 299 g/mol. The van der Waals surface area contributed by atoms with Gasteiger partial charge in [0.05, 0.1) is 4.90 Å². The molecule has 1 aromatic rings. The zero-order valence-corrected chi connectivity index (χ0v) is 11.9. The second-order valence-electron chi connectivity index (χ2n) is 4.62. The summed E-state index contributed by atoms with van der Waals surface area (Å²) in [5.41, 5.74) is 5.27. The van der Waals surface area contributed by atoms with E-state index in [0.717, 1.165) is 0 Å². The summed E-state index contributed by atoms with van der Waals surface area (Å²) >= 11 is 0. The molecule has 1 aliphatic rings. The number of primary amides is 1. The van der Waals surface area contributed by atoms with Crippen LogP contribution in [0.5, 0.6) is 5.75 Å². The SMILES string of the molecule is Cc1ccc(S(=O)(=O)N2CCNCC2)c(C(N)=O)c1O. The number of nitrogens with zero attached hydrogens (tertiary/aromatic N) is 1. The first-order valence-corrected chi connectivity index (χ1v) is 7.63. The molecule has 0 unspecified atom stereocenters. The average Bonchev–Trinajstić information content (AvgIpc) is 2.42. The fourth-order valence-corrected chi connectivity index (χ4v) is 3.79. The van der Waals surface area contributed by atoms with Crippen LogP contribution in [0.4, 0.5) is 0 Å². The van der Waals surface area contributed by atoms with Gasteiger partial charge in [-0.3, -0.25) is 4.79 Å². The van der Waals surface area contributed by atoms with E-state index < -0.39 is 15.9 Å². The van der Waals surface area contributed by atoms with E-state index in [1.807, 2.05) is 0 Å². The van der Waals surface area contributed by atoms with Crippen molar-refractivity contribution in [2.75, 3.05) is 26.2 Å². The molecule has 1 aliphatic heterocycles. The monoisotopic (exact) mass is 299 g/mol. The quantitative estimate of drug-likeness (QED) is 0.689. The molecular weight excluding hydrogens is 282 g/mol. The number of hydrogen-bond donors (Lipinski definition) is 3. The predicted molar refractivity (Wildman–Crippen MR) is 73.0 cm³/mol. The van der Waals surface area contributed by atoms with Crippen LogP contribution in [0, 0.1) is 6.92 Å². The van der Waals surface area contributed by atoms with Crippen molar-refractivity contribution in [3.05, 3.63) is 23.3 Å². The molecule has 0 radical (unpaired) electrons. The van der Waals surface area contributed by atoms with Gasteiger partial charge in [0.15, 0.2) is 0 Å². The number of amides is 1. The van der Waals surface area contributed by atoms with E-state index in [2.05, 4.69) is 5.32 Å².